The standard InChI is InChI=1S/C8H3F14N/c1-2(9,5(14,15)16)6(17,18)23-7(19,20)3(10,11)4(12,13)8(23,21)22/h1H3. The third-order valence-corrected chi connectivity index (χ3v) is 3.09. The van der Waals surface area contributed by atoms with Gasteiger partial charge in [-0.3, -0.25) is 0 Å². The summed E-state index contributed by atoms with van der Waals surface area (Å²) in [5.74, 6) is -14.4. The Labute approximate surface area is 116 Å². The summed E-state index contributed by atoms with van der Waals surface area (Å²) in [5.41, 5.74) is -6.29. The maximum Gasteiger partial charge on any atom is 0.429 e. The highest BCUT2D eigenvalue weighted by Gasteiger charge is 2.98. The van der Waals surface area contributed by atoms with Crippen molar-refractivity contribution in [1.82, 2.24) is 4.90 Å². The van der Waals surface area contributed by atoms with Gasteiger partial charge >= 0.3 is 36.2 Å². The van der Waals surface area contributed by atoms with Gasteiger partial charge in [-0.2, -0.15) is 57.1 Å². The van der Waals surface area contributed by atoms with Crippen molar-refractivity contribution < 1.29 is 61.5 Å². The van der Waals surface area contributed by atoms with Gasteiger partial charge in [0.05, 0.1) is 0 Å². The highest BCUT2D eigenvalue weighted by Crippen LogP contribution is 2.67. The topological polar surface area (TPSA) is 3.24 Å². The van der Waals surface area contributed by atoms with E-state index < -0.39 is 53.7 Å². The fraction of sp³-hybridized carbons (Fsp3) is 1.00. The fourth-order valence-corrected chi connectivity index (χ4v) is 1.57. The van der Waals surface area contributed by atoms with Crippen LogP contribution in [-0.2, 0) is 0 Å². The van der Waals surface area contributed by atoms with E-state index in [0.29, 0.717) is 0 Å². The quantitative estimate of drug-likeness (QED) is 0.499. The molecule has 15 heteroatoms. The van der Waals surface area contributed by atoms with Crippen LogP contribution in [0.25, 0.3) is 0 Å². The summed E-state index contributed by atoms with van der Waals surface area (Å²) < 4.78 is 179. The third kappa shape index (κ3) is 1.97. The van der Waals surface area contributed by atoms with E-state index in [0.717, 1.165) is 0 Å². The van der Waals surface area contributed by atoms with Crippen molar-refractivity contribution in [1.29, 1.82) is 0 Å². The second-order valence-corrected chi connectivity index (χ2v) is 4.61. The van der Waals surface area contributed by atoms with Crippen LogP contribution in [0.2, 0.25) is 0 Å². The van der Waals surface area contributed by atoms with Crippen LogP contribution in [0.15, 0.2) is 0 Å². The summed E-state index contributed by atoms with van der Waals surface area (Å²) in [6.45, 7) is -1.24. The SMILES string of the molecule is CC(F)(C(F)(F)F)C(F)(F)N1C(F)(F)C(F)(F)C(F)(F)C1(F)F. The van der Waals surface area contributed by atoms with Gasteiger partial charge in [-0.1, -0.05) is 0 Å². The van der Waals surface area contributed by atoms with Crippen LogP contribution < -0.4 is 0 Å². The van der Waals surface area contributed by atoms with Gasteiger partial charge in [0.25, 0.3) is 5.67 Å². The Morgan fingerprint density at radius 1 is 0.609 bits per heavy atom. The average Bonchev–Trinajstić information content (AvgIpc) is 2.30. The van der Waals surface area contributed by atoms with Gasteiger partial charge in [-0.05, 0) is 6.92 Å². The molecule has 1 aliphatic rings. The molecule has 0 aromatic heterocycles. The smallest absolute Gasteiger partial charge is 0.226 e. The molecule has 0 spiro atoms. The number of halogens is 14. The maximum absolute atomic E-state index is 13.3. The Balaban J connectivity index is 3.71. The van der Waals surface area contributed by atoms with Crippen molar-refractivity contribution in [2.45, 2.75) is 48.8 Å². The van der Waals surface area contributed by atoms with E-state index in [9.17, 15) is 61.5 Å². The van der Waals surface area contributed by atoms with Gasteiger partial charge in [0, 0.05) is 0 Å². The molecule has 0 amide bonds. The Morgan fingerprint density at radius 2 is 0.870 bits per heavy atom. The van der Waals surface area contributed by atoms with Crippen LogP contribution in [0.4, 0.5) is 61.5 Å². The van der Waals surface area contributed by atoms with Gasteiger partial charge in [-0.15, -0.1) is 4.90 Å². The lowest BCUT2D eigenvalue weighted by Gasteiger charge is -2.41. The molecule has 0 aliphatic carbocycles. The van der Waals surface area contributed by atoms with E-state index >= 15 is 0 Å². The first-order chi connectivity index (χ1) is 9.62. The summed E-state index contributed by atoms with van der Waals surface area (Å²) in [6, 6.07) is -21.6. The fourth-order valence-electron chi connectivity index (χ4n) is 1.57. The minimum Gasteiger partial charge on any atom is -0.226 e. The zero-order valence-corrected chi connectivity index (χ0v) is 10.2. The van der Waals surface area contributed by atoms with Gasteiger partial charge in [-0.25, -0.2) is 4.39 Å². The second kappa shape index (κ2) is 4.33. The molecule has 1 atom stereocenters. The monoisotopic (exact) mass is 379 g/mol. The Kier molecular flexibility index (Phi) is 3.77. The molecule has 1 unspecified atom stereocenters. The highest BCUT2D eigenvalue weighted by molar-refractivity contribution is 5.16. The lowest BCUT2D eigenvalue weighted by molar-refractivity contribution is -0.419. The van der Waals surface area contributed by atoms with Gasteiger partial charge in [0.1, 0.15) is 0 Å². The summed E-state index contributed by atoms with van der Waals surface area (Å²) in [6.07, 6.45) is -6.84. The largest absolute Gasteiger partial charge is 0.429 e. The molecule has 0 aromatic rings. The molecule has 1 aliphatic heterocycles. The third-order valence-electron chi connectivity index (χ3n) is 3.09. The predicted molar refractivity (Wildman–Crippen MR) is 42.1 cm³/mol. The Morgan fingerprint density at radius 3 is 1.09 bits per heavy atom. The van der Waals surface area contributed by atoms with Crippen LogP contribution in [0, 0.1) is 0 Å². The van der Waals surface area contributed by atoms with Gasteiger partial charge in [0.15, 0.2) is 0 Å². The summed E-state index contributed by atoms with van der Waals surface area (Å²) in [5, 5.41) is 0. The van der Waals surface area contributed by atoms with E-state index in [-0.39, 0.29) is 0 Å². The van der Waals surface area contributed by atoms with Crippen molar-refractivity contribution in [3.63, 3.8) is 0 Å². The van der Waals surface area contributed by atoms with Crippen molar-refractivity contribution >= 4 is 0 Å². The molecule has 0 bridgehead atoms. The normalized spacial score (nSPS) is 29.3. The Bertz CT molecular complexity index is 461. The first kappa shape index (κ1) is 20.0. The molecular formula is C8H3F14N. The molecular weight excluding hydrogens is 376 g/mol. The van der Waals surface area contributed by atoms with E-state index in [1.807, 2.05) is 0 Å². The molecule has 0 radical (unpaired) electrons. The summed E-state index contributed by atoms with van der Waals surface area (Å²) in [4.78, 5) is -3.74. The zero-order valence-electron chi connectivity index (χ0n) is 10.2. The van der Waals surface area contributed by atoms with Crippen LogP contribution in [-0.4, -0.2) is 46.7 Å². The van der Waals surface area contributed by atoms with Crippen LogP contribution in [0.5, 0.6) is 0 Å². The molecule has 1 heterocycles. The number of alkyl halides is 14. The van der Waals surface area contributed by atoms with Crippen molar-refractivity contribution in [2.75, 3.05) is 0 Å². The molecule has 23 heavy (non-hydrogen) atoms. The number of hydrogen-bond donors (Lipinski definition) is 0. The lowest BCUT2D eigenvalue weighted by Crippen LogP contribution is -2.69. The molecule has 1 nitrogen and oxygen atoms in total. The Hall–Kier alpha value is -1.02. The molecule has 1 rings (SSSR count). The van der Waals surface area contributed by atoms with Gasteiger partial charge in [0.2, 0.25) is 0 Å². The van der Waals surface area contributed by atoms with Crippen molar-refractivity contribution in [3.05, 3.63) is 0 Å². The van der Waals surface area contributed by atoms with Crippen LogP contribution in [0.1, 0.15) is 6.92 Å². The highest BCUT2D eigenvalue weighted by atomic mass is 19.4. The summed E-state index contributed by atoms with van der Waals surface area (Å²) in [7, 11) is 0. The first-order valence-corrected chi connectivity index (χ1v) is 5.07. The van der Waals surface area contributed by atoms with E-state index in [2.05, 4.69) is 0 Å². The summed E-state index contributed by atoms with van der Waals surface area (Å²) >= 11 is 0. The number of nitrogens with zero attached hydrogens (tertiary/aromatic N) is 1. The second-order valence-electron chi connectivity index (χ2n) is 4.61. The minimum absolute atomic E-state index is 1.24. The average molecular weight is 379 g/mol. The van der Waals surface area contributed by atoms with Crippen molar-refractivity contribution in [2.24, 2.45) is 0 Å². The van der Waals surface area contributed by atoms with E-state index in [4.69, 9.17) is 0 Å². The lowest BCUT2D eigenvalue weighted by atomic mass is 10.0. The molecule has 138 valence electrons. The number of likely N-dealkylation sites (tertiary alicyclic amines) is 1. The molecule has 0 saturated carbocycles. The predicted octanol–water partition coefficient (Wildman–Crippen LogP) is 4.64. The number of hydrogen-bond acceptors (Lipinski definition) is 1. The van der Waals surface area contributed by atoms with Crippen LogP contribution in [0.3, 0.4) is 0 Å². The van der Waals surface area contributed by atoms with Gasteiger partial charge < -0.3 is 0 Å². The van der Waals surface area contributed by atoms with Crippen molar-refractivity contribution in [3.8, 4) is 0 Å². The molecule has 0 N–H and O–H groups in total. The van der Waals surface area contributed by atoms with E-state index in [1.54, 1.807) is 0 Å². The minimum atomic E-state index is -7.21. The zero-order chi connectivity index (χ0) is 19.1. The number of rotatable bonds is 2. The molecule has 1 saturated heterocycles. The maximum atomic E-state index is 13.3. The molecule has 1 fully saturated rings. The van der Waals surface area contributed by atoms with E-state index in [1.165, 1.54) is 0 Å². The molecule has 0 aromatic carbocycles. The first-order valence-electron chi connectivity index (χ1n) is 5.07. The van der Waals surface area contributed by atoms with Crippen LogP contribution >= 0.6 is 0 Å².